The number of nitrogens with zero attached hydrogens (tertiary/aromatic N) is 5. The van der Waals surface area contributed by atoms with Crippen molar-refractivity contribution in [2.75, 3.05) is 0 Å². The van der Waals surface area contributed by atoms with Crippen LogP contribution in [0.5, 0.6) is 0 Å². The maximum atomic E-state index is 4.45. The molecule has 3 aromatic rings. The Labute approximate surface area is 115 Å². The quantitative estimate of drug-likeness (QED) is 0.541. The standard InChI is InChI=1S/C13H13N5S/c1-9-6-10(2)16-13(15-9)19-8-11-7-18-5-3-4-14-12(18)17-11/h3-7H,8H2,1-2H3. The van der Waals surface area contributed by atoms with Crippen molar-refractivity contribution in [1.29, 1.82) is 0 Å². The third-order valence-electron chi connectivity index (χ3n) is 2.60. The van der Waals surface area contributed by atoms with Crippen molar-refractivity contribution in [2.45, 2.75) is 24.8 Å². The van der Waals surface area contributed by atoms with Crippen LogP contribution in [0.25, 0.3) is 5.78 Å². The minimum atomic E-state index is 0.722. The molecule has 0 saturated carbocycles. The van der Waals surface area contributed by atoms with Gasteiger partial charge in [-0.15, -0.1) is 0 Å². The molecule has 0 atom stereocenters. The third kappa shape index (κ3) is 2.73. The first-order valence-electron chi connectivity index (χ1n) is 5.94. The lowest BCUT2D eigenvalue weighted by atomic mass is 10.4. The van der Waals surface area contributed by atoms with Gasteiger partial charge in [0.1, 0.15) is 0 Å². The molecule has 3 rings (SSSR count). The van der Waals surface area contributed by atoms with Gasteiger partial charge in [0.2, 0.25) is 5.78 Å². The summed E-state index contributed by atoms with van der Waals surface area (Å²) in [5.74, 6) is 1.46. The predicted molar refractivity (Wildman–Crippen MR) is 74.1 cm³/mol. The second-order valence-corrected chi connectivity index (χ2v) is 5.22. The van der Waals surface area contributed by atoms with Gasteiger partial charge in [0.25, 0.3) is 0 Å². The van der Waals surface area contributed by atoms with Crippen molar-refractivity contribution in [2.24, 2.45) is 0 Å². The van der Waals surface area contributed by atoms with Crippen LogP contribution in [0.1, 0.15) is 17.1 Å². The van der Waals surface area contributed by atoms with Gasteiger partial charge in [-0.05, 0) is 26.0 Å². The molecular formula is C13H13N5S. The van der Waals surface area contributed by atoms with Gasteiger partial charge in [-0.1, -0.05) is 11.8 Å². The molecule has 6 heteroatoms. The highest BCUT2D eigenvalue weighted by Gasteiger charge is 2.05. The van der Waals surface area contributed by atoms with E-state index < -0.39 is 0 Å². The molecule has 0 aliphatic carbocycles. The number of fused-ring (bicyclic) bond motifs is 1. The summed E-state index contributed by atoms with van der Waals surface area (Å²) in [6.45, 7) is 3.96. The Morgan fingerprint density at radius 2 is 1.95 bits per heavy atom. The minimum absolute atomic E-state index is 0.722. The van der Waals surface area contributed by atoms with E-state index in [1.165, 1.54) is 0 Å². The fourth-order valence-electron chi connectivity index (χ4n) is 1.85. The lowest BCUT2D eigenvalue weighted by Gasteiger charge is -2.01. The molecule has 0 bridgehead atoms. The van der Waals surface area contributed by atoms with E-state index in [1.807, 2.05) is 42.8 Å². The topological polar surface area (TPSA) is 56.0 Å². The van der Waals surface area contributed by atoms with Crippen molar-refractivity contribution in [3.8, 4) is 0 Å². The summed E-state index contributed by atoms with van der Waals surface area (Å²) >= 11 is 1.59. The first kappa shape index (κ1) is 12.1. The highest BCUT2D eigenvalue weighted by molar-refractivity contribution is 7.98. The van der Waals surface area contributed by atoms with Crippen LogP contribution in [0.15, 0.2) is 35.9 Å². The maximum Gasteiger partial charge on any atom is 0.233 e. The predicted octanol–water partition coefficient (Wildman–Crippen LogP) is 2.43. The molecule has 0 aliphatic heterocycles. The highest BCUT2D eigenvalue weighted by atomic mass is 32.2. The van der Waals surface area contributed by atoms with Crippen LogP contribution in [0.4, 0.5) is 0 Å². The smallest absolute Gasteiger partial charge is 0.233 e. The van der Waals surface area contributed by atoms with Gasteiger partial charge in [-0.25, -0.2) is 19.9 Å². The van der Waals surface area contributed by atoms with Crippen molar-refractivity contribution in [1.82, 2.24) is 24.3 Å². The number of hydrogen-bond donors (Lipinski definition) is 0. The summed E-state index contributed by atoms with van der Waals surface area (Å²) in [5, 5.41) is 0.794. The highest BCUT2D eigenvalue weighted by Crippen LogP contribution is 2.19. The normalized spacial score (nSPS) is 11.1. The number of hydrogen-bond acceptors (Lipinski definition) is 5. The zero-order valence-corrected chi connectivity index (χ0v) is 11.6. The Bertz CT molecular complexity index is 669. The van der Waals surface area contributed by atoms with Crippen LogP contribution in [0, 0.1) is 13.8 Å². The van der Waals surface area contributed by atoms with Crippen LogP contribution in [0.3, 0.4) is 0 Å². The molecule has 0 aromatic carbocycles. The average molecular weight is 271 g/mol. The zero-order chi connectivity index (χ0) is 13.2. The molecule has 0 fully saturated rings. The molecule has 0 N–H and O–H groups in total. The number of aryl methyl sites for hydroxylation is 2. The van der Waals surface area contributed by atoms with Gasteiger partial charge in [-0.2, -0.15) is 0 Å². The van der Waals surface area contributed by atoms with E-state index in [1.54, 1.807) is 18.0 Å². The van der Waals surface area contributed by atoms with E-state index in [-0.39, 0.29) is 0 Å². The average Bonchev–Trinajstić information content (AvgIpc) is 2.78. The molecule has 19 heavy (non-hydrogen) atoms. The number of aromatic nitrogens is 5. The summed E-state index contributed by atoms with van der Waals surface area (Å²) in [5.41, 5.74) is 2.96. The van der Waals surface area contributed by atoms with Crippen LogP contribution in [-0.4, -0.2) is 24.3 Å². The Hall–Kier alpha value is -1.95. The van der Waals surface area contributed by atoms with Crippen LogP contribution < -0.4 is 0 Å². The second kappa shape index (κ2) is 4.97. The zero-order valence-electron chi connectivity index (χ0n) is 10.7. The van der Waals surface area contributed by atoms with Crippen molar-refractivity contribution in [3.63, 3.8) is 0 Å². The molecule has 0 radical (unpaired) electrons. The Balaban J connectivity index is 1.78. The lowest BCUT2D eigenvalue weighted by Crippen LogP contribution is -1.93. The summed E-state index contributed by atoms with van der Waals surface area (Å²) in [6, 6.07) is 3.86. The molecule has 0 amide bonds. The molecular weight excluding hydrogens is 258 g/mol. The first-order valence-corrected chi connectivity index (χ1v) is 6.93. The Kier molecular flexibility index (Phi) is 3.16. The van der Waals surface area contributed by atoms with E-state index >= 15 is 0 Å². The molecule has 3 aromatic heterocycles. The van der Waals surface area contributed by atoms with Gasteiger partial charge >= 0.3 is 0 Å². The fourth-order valence-corrected chi connectivity index (χ4v) is 2.68. The lowest BCUT2D eigenvalue weighted by molar-refractivity contribution is 0.901. The molecule has 96 valence electrons. The molecule has 3 heterocycles. The van der Waals surface area contributed by atoms with Crippen LogP contribution in [-0.2, 0) is 5.75 Å². The largest absolute Gasteiger partial charge is 0.291 e. The maximum absolute atomic E-state index is 4.45. The summed E-state index contributed by atoms with van der Waals surface area (Å²) < 4.78 is 1.91. The van der Waals surface area contributed by atoms with E-state index in [0.717, 1.165) is 33.8 Å². The van der Waals surface area contributed by atoms with E-state index in [9.17, 15) is 0 Å². The fraction of sp³-hybridized carbons (Fsp3) is 0.231. The van der Waals surface area contributed by atoms with Crippen molar-refractivity contribution < 1.29 is 0 Å². The van der Waals surface area contributed by atoms with E-state index in [0.29, 0.717) is 0 Å². The van der Waals surface area contributed by atoms with Gasteiger partial charge in [0.15, 0.2) is 5.16 Å². The number of rotatable bonds is 3. The number of thioether (sulfide) groups is 1. The molecule has 0 aliphatic rings. The van der Waals surface area contributed by atoms with E-state index in [2.05, 4.69) is 19.9 Å². The van der Waals surface area contributed by atoms with Crippen LogP contribution in [0.2, 0.25) is 0 Å². The Morgan fingerprint density at radius 3 is 2.68 bits per heavy atom. The molecule has 0 spiro atoms. The second-order valence-electron chi connectivity index (χ2n) is 4.28. The van der Waals surface area contributed by atoms with E-state index in [4.69, 9.17) is 0 Å². The summed E-state index contributed by atoms with van der Waals surface area (Å²) in [6.07, 6.45) is 5.67. The molecule has 0 saturated heterocycles. The van der Waals surface area contributed by atoms with Gasteiger partial charge < -0.3 is 0 Å². The molecule has 5 nitrogen and oxygen atoms in total. The van der Waals surface area contributed by atoms with Gasteiger partial charge in [0, 0.05) is 35.7 Å². The summed E-state index contributed by atoms with van der Waals surface area (Å²) in [7, 11) is 0. The van der Waals surface area contributed by atoms with Crippen LogP contribution >= 0.6 is 11.8 Å². The number of imidazole rings is 1. The Morgan fingerprint density at radius 1 is 1.16 bits per heavy atom. The molecule has 0 unspecified atom stereocenters. The van der Waals surface area contributed by atoms with Gasteiger partial charge in [0.05, 0.1) is 5.69 Å². The minimum Gasteiger partial charge on any atom is -0.291 e. The SMILES string of the molecule is Cc1cc(C)nc(SCc2cn3cccnc3n2)n1. The first-order chi connectivity index (χ1) is 9.20. The third-order valence-corrected chi connectivity index (χ3v) is 3.48. The van der Waals surface area contributed by atoms with Crippen molar-refractivity contribution in [3.05, 3.63) is 47.8 Å². The van der Waals surface area contributed by atoms with Crippen molar-refractivity contribution >= 4 is 17.5 Å². The van der Waals surface area contributed by atoms with Gasteiger partial charge in [-0.3, -0.25) is 4.40 Å². The monoisotopic (exact) mass is 271 g/mol. The summed E-state index contributed by atoms with van der Waals surface area (Å²) in [4.78, 5) is 17.5.